The van der Waals surface area contributed by atoms with Crippen LogP contribution in [0.3, 0.4) is 0 Å². The molecule has 1 unspecified atom stereocenters. The van der Waals surface area contributed by atoms with Gasteiger partial charge in [0.2, 0.25) is 0 Å². The number of benzene rings is 2. The molecule has 0 bridgehead atoms. The summed E-state index contributed by atoms with van der Waals surface area (Å²) >= 11 is 0. The predicted molar refractivity (Wildman–Crippen MR) is 153 cm³/mol. The van der Waals surface area contributed by atoms with E-state index in [4.69, 9.17) is 0 Å². The van der Waals surface area contributed by atoms with Crippen molar-refractivity contribution < 1.29 is 0 Å². The van der Waals surface area contributed by atoms with Gasteiger partial charge in [-0.05, 0) is 86.3 Å². The molecule has 1 atom stereocenters. The maximum atomic E-state index is 2.57. The largest absolute Gasteiger partial charge is 0.0654 e. The summed E-state index contributed by atoms with van der Waals surface area (Å²) in [5.74, 6) is 0. The van der Waals surface area contributed by atoms with Crippen molar-refractivity contribution in [3.63, 3.8) is 0 Å². The second-order valence-electron chi connectivity index (χ2n) is 9.77. The first-order valence-electron chi connectivity index (χ1n) is 14.2. The molecule has 0 aliphatic carbocycles. The first-order valence-corrected chi connectivity index (χ1v) is 15.8. The minimum absolute atomic E-state index is 0.269. The lowest BCUT2D eigenvalue weighted by Crippen LogP contribution is -2.21. The van der Waals surface area contributed by atoms with Crippen LogP contribution in [0.5, 0.6) is 0 Å². The summed E-state index contributed by atoms with van der Waals surface area (Å²) in [6.07, 6.45) is 21.3. The molecule has 0 spiro atoms. The van der Waals surface area contributed by atoms with Crippen LogP contribution in [-0.4, -0.2) is 6.16 Å². The molecule has 33 heavy (non-hydrogen) atoms. The van der Waals surface area contributed by atoms with Crippen molar-refractivity contribution in [2.75, 3.05) is 6.16 Å². The fourth-order valence-corrected chi connectivity index (χ4v) is 7.60. The topological polar surface area (TPSA) is 0 Å². The third-order valence-corrected chi connectivity index (χ3v) is 9.64. The molecule has 2 rings (SSSR count). The van der Waals surface area contributed by atoms with Gasteiger partial charge in [-0.25, -0.2) is 0 Å². The molecule has 0 nitrogen and oxygen atoms in total. The van der Waals surface area contributed by atoms with Crippen LogP contribution in [0.4, 0.5) is 0 Å². The van der Waals surface area contributed by atoms with E-state index in [0.717, 1.165) is 0 Å². The van der Waals surface area contributed by atoms with E-state index in [0.29, 0.717) is 0 Å². The smallest absolute Gasteiger partial charge is 0.0160 e. The molecule has 0 aliphatic heterocycles. The number of hydrogen-bond acceptors (Lipinski definition) is 0. The van der Waals surface area contributed by atoms with Crippen LogP contribution in [0.15, 0.2) is 42.5 Å². The van der Waals surface area contributed by atoms with E-state index in [1.54, 1.807) is 27.3 Å². The Balaban J connectivity index is 2.41. The van der Waals surface area contributed by atoms with E-state index in [-0.39, 0.29) is 7.92 Å². The lowest BCUT2D eigenvalue weighted by Gasteiger charge is -2.26. The van der Waals surface area contributed by atoms with Crippen molar-refractivity contribution >= 4 is 18.5 Å². The molecule has 0 heterocycles. The van der Waals surface area contributed by atoms with Crippen LogP contribution in [0.2, 0.25) is 0 Å². The van der Waals surface area contributed by atoms with Crippen LogP contribution in [-0.2, 0) is 19.3 Å². The Kier molecular flexibility index (Phi) is 14.8. The zero-order chi connectivity index (χ0) is 23.7. The van der Waals surface area contributed by atoms with Crippen LogP contribution in [0, 0.1) is 0 Å². The summed E-state index contributed by atoms with van der Waals surface area (Å²) in [7, 11) is -0.269. The molecular formula is C32H51P. The normalized spacial score (nSPS) is 12.2. The quantitative estimate of drug-likeness (QED) is 0.151. The van der Waals surface area contributed by atoms with Gasteiger partial charge in [-0.2, -0.15) is 0 Å². The van der Waals surface area contributed by atoms with E-state index in [1.165, 1.54) is 102 Å². The summed E-state index contributed by atoms with van der Waals surface area (Å²) in [5, 5.41) is 3.30. The van der Waals surface area contributed by atoms with E-state index >= 15 is 0 Å². The predicted octanol–water partition coefficient (Wildman–Crippen LogP) is 9.51. The van der Waals surface area contributed by atoms with Crippen molar-refractivity contribution in [3.05, 3.63) is 59.2 Å². The van der Waals surface area contributed by atoms with E-state index in [9.17, 15) is 0 Å². The minimum Gasteiger partial charge on any atom is -0.0654 e. The molecule has 0 N–H and O–H groups in total. The van der Waals surface area contributed by atoms with E-state index < -0.39 is 0 Å². The molecule has 0 amide bonds. The fraction of sp³-hybridized carbons (Fsp3) is 0.625. The second kappa shape index (κ2) is 17.3. The van der Waals surface area contributed by atoms with Gasteiger partial charge < -0.3 is 0 Å². The number of hydrogen-bond donors (Lipinski definition) is 0. The second-order valence-corrected chi connectivity index (χ2v) is 12.1. The highest BCUT2D eigenvalue weighted by Crippen LogP contribution is 2.38. The van der Waals surface area contributed by atoms with Gasteiger partial charge in [0.15, 0.2) is 0 Å². The maximum absolute atomic E-state index is 2.57. The van der Waals surface area contributed by atoms with E-state index in [2.05, 4.69) is 70.2 Å². The zero-order valence-electron chi connectivity index (χ0n) is 22.3. The Labute approximate surface area is 207 Å². The molecule has 0 aliphatic rings. The molecule has 0 fully saturated rings. The SMILES string of the molecule is CCCCCCCCP(c1ccccc1)c1ccc(CCCC)c(CCCC)c1CCCC. The summed E-state index contributed by atoms with van der Waals surface area (Å²) in [5.41, 5.74) is 5.14. The lowest BCUT2D eigenvalue weighted by atomic mass is 9.91. The Morgan fingerprint density at radius 1 is 0.515 bits per heavy atom. The Bertz CT molecular complexity index is 749. The molecule has 0 radical (unpaired) electrons. The van der Waals surface area contributed by atoms with Crippen LogP contribution in [0.25, 0.3) is 0 Å². The molecule has 0 saturated carbocycles. The highest BCUT2D eigenvalue weighted by atomic mass is 31.1. The van der Waals surface area contributed by atoms with Gasteiger partial charge in [-0.3, -0.25) is 0 Å². The molecule has 0 saturated heterocycles. The first-order chi connectivity index (χ1) is 16.3. The zero-order valence-corrected chi connectivity index (χ0v) is 23.2. The average molecular weight is 467 g/mol. The Morgan fingerprint density at radius 3 is 1.76 bits per heavy atom. The molecule has 184 valence electrons. The third kappa shape index (κ3) is 9.56. The van der Waals surface area contributed by atoms with Gasteiger partial charge in [-0.1, -0.05) is 122 Å². The van der Waals surface area contributed by atoms with Gasteiger partial charge in [0.05, 0.1) is 0 Å². The maximum Gasteiger partial charge on any atom is -0.0160 e. The van der Waals surface area contributed by atoms with Crippen molar-refractivity contribution in [1.82, 2.24) is 0 Å². The first kappa shape index (κ1) is 28.1. The molecule has 0 aromatic heterocycles. The van der Waals surface area contributed by atoms with Crippen molar-refractivity contribution in [2.45, 2.75) is 124 Å². The monoisotopic (exact) mass is 466 g/mol. The Morgan fingerprint density at radius 2 is 1.09 bits per heavy atom. The Hall–Kier alpha value is -1.13. The summed E-state index contributed by atoms with van der Waals surface area (Å²) in [4.78, 5) is 0. The number of aryl methyl sites for hydroxylation is 1. The van der Waals surface area contributed by atoms with Gasteiger partial charge in [0.1, 0.15) is 0 Å². The van der Waals surface area contributed by atoms with Crippen LogP contribution >= 0.6 is 7.92 Å². The number of rotatable bonds is 18. The molecular weight excluding hydrogens is 415 g/mol. The van der Waals surface area contributed by atoms with Crippen molar-refractivity contribution in [2.24, 2.45) is 0 Å². The van der Waals surface area contributed by atoms with Gasteiger partial charge in [0, 0.05) is 0 Å². The number of unbranched alkanes of at least 4 members (excludes halogenated alkanes) is 8. The van der Waals surface area contributed by atoms with Gasteiger partial charge in [-0.15, -0.1) is 0 Å². The van der Waals surface area contributed by atoms with E-state index in [1.807, 2.05) is 0 Å². The van der Waals surface area contributed by atoms with Crippen LogP contribution in [0.1, 0.15) is 121 Å². The highest BCUT2D eigenvalue weighted by molar-refractivity contribution is 7.73. The summed E-state index contributed by atoms with van der Waals surface area (Å²) < 4.78 is 0. The van der Waals surface area contributed by atoms with Crippen molar-refractivity contribution in [1.29, 1.82) is 0 Å². The summed E-state index contributed by atoms with van der Waals surface area (Å²) in [6.45, 7) is 9.33. The highest BCUT2D eigenvalue weighted by Gasteiger charge is 2.21. The minimum atomic E-state index is -0.269. The standard InChI is InChI=1S/C32H51P/c1-5-9-13-14-15-19-27-33(29-21-17-16-18-22-29)32-26-25-28(20-10-6-2)30(23-11-7-3)31(32)24-12-8-4/h16-18,21-22,25-26H,5-15,19-20,23-24,27H2,1-4H3. The van der Waals surface area contributed by atoms with Gasteiger partial charge >= 0.3 is 0 Å². The van der Waals surface area contributed by atoms with Crippen LogP contribution < -0.4 is 10.6 Å². The lowest BCUT2D eigenvalue weighted by molar-refractivity contribution is 0.626. The van der Waals surface area contributed by atoms with Crippen molar-refractivity contribution in [3.8, 4) is 0 Å². The molecule has 2 aromatic rings. The summed E-state index contributed by atoms with van der Waals surface area (Å²) in [6, 6.07) is 16.6. The molecule has 1 heteroatoms. The third-order valence-electron chi connectivity index (χ3n) is 6.96. The average Bonchev–Trinajstić information content (AvgIpc) is 2.85. The van der Waals surface area contributed by atoms with Gasteiger partial charge in [0.25, 0.3) is 0 Å². The fourth-order valence-electron chi connectivity index (χ4n) is 4.93. The molecule has 2 aromatic carbocycles.